The summed E-state index contributed by atoms with van der Waals surface area (Å²) in [5.74, 6) is -0.442. The molecule has 1 aromatic carbocycles. The van der Waals surface area contributed by atoms with Crippen LogP contribution >= 0.6 is 11.3 Å². The predicted molar refractivity (Wildman–Crippen MR) is 95.1 cm³/mol. The van der Waals surface area contributed by atoms with Gasteiger partial charge in [0.15, 0.2) is 5.13 Å². The van der Waals surface area contributed by atoms with Crippen LogP contribution in [0.3, 0.4) is 0 Å². The minimum atomic E-state index is -0.466. The van der Waals surface area contributed by atoms with Crippen LogP contribution in [-0.2, 0) is 21.4 Å². The van der Waals surface area contributed by atoms with Gasteiger partial charge >= 0.3 is 0 Å². The second-order valence-electron chi connectivity index (χ2n) is 6.55. The van der Waals surface area contributed by atoms with E-state index in [1.807, 2.05) is 0 Å². The van der Waals surface area contributed by atoms with E-state index in [2.05, 4.69) is 42.3 Å². The van der Waals surface area contributed by atoms with Crippen LogP contribution in [0.1, 0.15) is 41.6 Å². The topological polar surface area (TPSA) is 85.1 Å². The molecule has 1 aromatic heterocycles. The van der Waals surface area contributed by atoms with Gasteiger partial charge in [-0.2, -0.15) is 0 Å². The van der Waals surface area contributed by atoms with Crippen molar-refractivity contribution in [2.45, 2.75) is 44.9 Å². The molecule has 1 heterocycles. The van der Waals surface area contributed by atoms with Crippen molar-refractivity contribution >= 4 is 28.3 Å². The summed E-state index contributed by atoms with van der Waals surface area (Å²) < 4.78 is 0. The number of rotatable bonds is 5. The Labute approximate surface area is 145 Å². The summed E-state index contributed by atoms with van der Waals surface area (Å²) in [7, 11) is 0. The lowest BCUT2D eigenvalue weighted by molar-refractivity contribution is -0.124. The Kier molecular flexibility index (Phi) is 4.41. The summed E-state index contributed by atoms with van der Waals surface area (Å²) in [5, 5.41) is 5.21. The Bertz CT molecular complexity index is 773. The zero-order chi connectivity index (χ0) is 17.3. The highest BCUT2D eigenvalue weighted by molar-refractivity contribution is 7.14. The average Bonchev–Trinajstić information content (AvgIpc) is 2.82. The van der Waals surface area contributed by atoms with E-state index >= 15 is 0 Å². The first kappa shape index (κ1) is 16.6. The van der Waals surface area contributed by atoms with Crippen molar-refractivity contribution in [2.24, 2.45) is 5.73 Å². The van der Waals surface area contributed by atoms with Crippen LogP contribution < -0.4 is 11.1 Å². The molecule has 2 amide bonds. The van der Waals surface area contributed by atoms with Crippen molar-refractivity contribution < 1.29 is 9.59 Å². The van der Waals surface area contributed by atoms with Gasteiger partial charge in [0.1, 0.15) is 0 Å². The first-order valence-corrected chi connectivity index (χ1v) is 8.90. The van der Waals surface area contributed by atoms with Crippen molar-refractivity contribution in [1.82, 2.24) is 4.98 Å². The molecule has 5 nitrogen and oxygen atoms in total. The number of carbonyl (C=O) groups excluding carboxylic acids is 2. The van der Waals surface area contributed by atoms with Gasteiger partial charge < -0.3 is 11.1 Å². The van der Waals surface area contributed by atoms with E-state index in [0.29, 0.717) is 10.8 Å². The highest BCUT2D eigenvalue weighted by atomic mass is 32.1. The number of nitrogens with zero attached hydrogens (tertiary/aromatic N) is 1. The number of hydrogen-bond donors (Lipinski definition) is 2. The lowest BCUT2D eigenvalue weighted by Crippen LogP contribution is -2.46. The van der Waals surface area contributed by atoms with Crippen LogP contribution in [0.15, 0.2) is 23.6 Å². The van der Waals surface area contributed by atoms with Crippen molar-refractivity contribution in [1.29, 1.82) is 0 Å². The standard InChI is InChI=1S/C18H21N3O2S/c1-11-6-12(2)8-13(7-11)18(4-3-5-18)16(23)21-17-20-14(10-24-17)9-15(19)22/h6-8,10H,3-5,9H2,1-2H3,(H2,19,22)(H,20,21,23). The van der Waals surface area contributed by atoms with Crippen LogP contribution in [0.5, 0.6) is 0 Å². The van der Waals surface area contributed by atoms with Gasteiger partial charge in [0.2, 0.25) is 11.8 Å². The number of hydrogen-bond acceptors (Lipinski definition) is 4. The molecule has 1 saturated carbocycles. The van der Waals surface area contributed by atoms with Gasteiger partial charge in [-0.1, -0.05) is 35.7 Å². The molecule has 0 saturated heterocycles. The van der Waals surface area contributed by atoms with Gasteiger partial charge in [-0.3, -0.25) is 9.59 Å². The van der Waals surface area contributed by atoms with Gasteiger partial charge in [-0.25, -0.2) is 4.98 Å². The number of benzene rings is 1. The van der Waals surface area contributed by atoms with E-state index < -0.39 is 11.3 Å². The number of amides is 2. The highest BCUT2D eigenvalue weighted by Crippen LogP contribution is 2.45. The SMILES string of the molecule is Cc1cc(C)cc(C2(C(=O)Nc3nc(CC(N)=O)cs3)CCC2)c1. The molecule has 3 rings (SSSR count). The molecule has 0 aliphatic heterocycles. The van der Waals surface area contributed by atoms with Crippen molar-refractivity contribution in [3.8, 4) is 0 Å². The summed E-state index contributed by atoms with van der Waals surface area (Å²) in [6, 6.07) is 6.32. The predicted octanol–water partition coefficient (Wildman–Crippen LogP) is 2.85. The van der Waals surface area contributed by atoms with E-state index in [-0.39, 0.29) is 12.3 Å². The number of nitrogens with two attached hydrogens (primary N) is 1. The fraction of sp³-hybridized carbons (Fsp3) is 0.389. The second kappa shape index (κ2) is 6.36. The number of anilines is 1. The molecule has 1 fully saturated rings. The van der Waals surface area contributed by atoms with E-state index in [9.17, 15) is 9.59 Å². The minimum Gasteiger partial charge on any atom is -0.369 e. The molecule has 0 unspecified atom stereocenters. The van der Waals surface area contributed by atoms with Crippen molar-refractivity contribution in [3.05, 3.63) is 46.0 Å². The third-order valence-electron chi connectivity index (χ3n) is 4.54. The molecule has 1 aliphatic rings. The van der Waals surface area contributed by atoms with E-state index in [4.69, 9.17) is 5.73 Å². The van der Waals surface area contributed by atoms with Crippen LogP contribution in [0.4, 0.5) is 5.13 Å². The first-order valence-electron chi connectivity index (χ1n) is 8.02. The first-order chi connectivity index (χ1) is 11.4. The molecule has 126 valence electrons. The third-order valence-corrected chi connectivity index (χ3v) is 5.35. The van der Waals surface area contributed by atoms with E-state index in [1.165, 1.54) is 22.5 Å². The Balaban J connectivity index is 1.81. The fourth-order valence-electron chi connectivity index (χ4n) is 3.27. The van der Waals surface area contributed by atoms with Crippen LogP contribution in [-0.4, -0.2) is 16.8 Å². The van der Waals surface area contributed by atoms with Crippen molar-refractivity contribution in [3.63, 3.8) is 0 Å². The number of primary amides is 1. The van der Waals surface area contributed by atoms with Gasteiger partial charge in [0.25, 0.3) is 0 Å². The largest absolute Gasteiger partial charge is 0.369 e. The molecule has 1 aliphatic carbocycles. The normalized spacial score (nSPS) is 15.6. The quantitative estimate of drug-likeness (QED) is 0.875. The van der Waals surface area contributed by atoms with Gasteiger partial charge in [-0.15, -0.1) is 11.3 Å². The van der Waals surface area contributed by atoms with Gasteiger partial charge in [0, 0.05) is 5.38 Å². The van der Waals surface area contributed by atoms with Crippen LogP contribution in [0.25, 0.3) is 0 Å². The maximum Gasteiger partial charge on any atom is 0.236 e. The Morgan fingerprint density at radius 3 is 2.46 bits per heavy atom. The summed E-state index contributed by atoms with van der Waals surface area (Å²) >= 11 is 1.32. The number of aryl methyl sites for hydroxylation is 2. The monoisotopic (exact) mass is 343 g/mol. The molecule has 0 radical (unpaired) electrons. The maximum atomic E-state index is 12.9. The molecular formula is C18H21N3O2S. The summed E-state index contributed by atoms with van der Waals surface area (Å²) in [4.78, 5) is 28.2. The Hall–Kier alpha value is -2.21. The Morgan fingerprint density at radius 2 is 1.92 bits per heavy atom. The number of carbonyl (C=O) groups is 2. The molecule has 0 spiro atoms. The third kappa shape index (κ3) is 3.19. The maximum absolute atomic E-state index is 12.9. The fourth-order valence-corrected chi connectivity index (χ4v) is 3.97. The minimum absolute atomic E-state index is 0.0151. The lowest BCUT2D eigenvalue weighted by atomic mass is 9.63. The lowest BCUT2D eigenvalue weighted by Gasteiger charge is -2.40. The molecule has 3 N–H and O–H groups in total. The average molecular weight is 343 g/mol. The van der Waals surface area contributed by atoms with Crippen LogP contribution in [0, 0.1) is 13.8 Å². The molecule has 2 aromatic rings. The summed E-state index contributed by atoms with van der Waals surface area (Å²) in [6.07, 6.45) is 2.84. The zero-order valence-corrected chi connectivity index (χ0v) is 14.7. The number of aromatic nitrogens is 1. The number of thiazole rings is 1. The summed E-state index contributed by atoms with van der Waals surface area (Å²) in [6.45, 7) is 4.11. The Morgan fingerprint density at radius 1 is 1.25 bits per heavy atom. The number of nitrogens with one attached hydrogen (secondary N) is 1. The van der Waals surface area contributed by atoms with Gasteiger partial charge in [0.05, 0.1) is 17.5 Å². The van der Waals surface area contributed by atoms with E-state index in [0.717, 1.165) is 24.8 Å². The summed E-state index contributed by atoms with van der Waals surface area (Å²) in [5.41, 5.74) is 8.72. The molecular weight excluding hydrogens is 322 g/mol. The molecule has 6 heteroatoms. The van der Waals surface area contributed by atoms with Crippen LogP contribution in [0.2, 0.25) is 0 Å². The zero-order valence-electron chi connectivity index (χ0n) is 13.9. The van der Waals surface area contributed by atoms with Gasteiger partial charge in [-0.05, 0) is 32.3 Å². The molecule has 0 atom stereocenters. The molecule has 0 bridgehead atoms. The highest BCUT2D eigenvalue weighted by Gasteiger charge is 2.46. The second-order valence-corrected chi connectivity index (χ2v) is 7.41. The smallest absolute Gasteiger partial charge is 0.236 e. The van der Waals surface area contributed by atoms with E-state index in [1.54, 1.807) is 5.38 Å². The van der Waals surface area contributed by atoms with Crippen molar-refractivity contribution in [2.75, 3.05) is 5.32 Å². The molecule has 24 heavy (non-hydrogen) atoms.